The summed E-state index contributed by atoms with van der Waals surface area (Å²) in [5, 5.41) is 5.15. The van der Waals surface area contributed by atoms with Crippen molar-refractivity contribution >= 4 is 16.8 Å². The molecule has 2 rings (SSSR count). The van der Waals surface area contributed by atoms with Gasteiger partial charge in [-0.25, -0.2) is 4.98 Å². The second-order valence-electron chi connectivity index (χ2n) is 3.78. The van der Waals surface area contributed by atoms with Gasteiger partial charge in [-0.2, -0.15) is 5.10 Å². The lowest BCUT2D eigenvalue weighted by atomic mass is 10.1. The van der Waals surface area contributed by atoms with Crippen LogP contribution in [0, 0.1) is 13.8 Å². The van der Waals surface area contributed by atoms with Crippen LogP contribution in [0.3, 0.4) is 0 Å². The number of Topliss-reactive ketones (excluding diaryl/α,β-unsaturated/α-hetero) is 1. The van der Waals surface area contributed by atoms with Gasteiger partial charge in [0.2, 0.25) is 0 Å². The maximum absolute atomic E-state index is 11.5. The van der Waals surface area contributed by atoms with E-state index in [1.807, 2.05) is 27.0 Å². The second kappa shape index (κ2) is 3.15. The predicted molar refractivity (Wildman–Crippen MR) is 58.0 cm³/mol. The number of rotatable bonds is 1. The molecule has 78 valence electrons. The monoisotopic (exact) mass is 203 g/mol. The van der Waals surface area contributed by atoms with E-state index in [4.69, 9.17) is 0 Å². The molecule has 0 aromatic carbocycles. The Kier molecular flexibility index (Phi) is 2.07. The molecule has 4 heteroatoms. The molecule has 2 heterocycles. The van der Waals surface area contributed by atoms with Crippen LogP contribution in [0.4, 0.5) is 0 Å². The largest absolute Gasteiger partial charge is 0.294 e. The highest BCUT2D eigenvalue weighted by atomic mass is 16.1. The van der Waals surface area contributed by atoms with E-state index in [1.54, 1.807) is 11.6 Å². The smallest absolute Gasteiger partial charge is 0.160 e. The van der Waals surface area contributed by atoms with E-state index in [0.29, 0.717) is 5.56 Å². The van der Waals surface area contributed by atoms with Crippen molar-refractivity contribution < 1.29 is 4.79 Å². The summed E-state index contributed by atoms with van der Waals surface area (Å²) in [5.74, 6) is 0.0570. The molecule has 0 N–H and O–H groups in total. The zero-order valence-corrected chi connectivity index (χ0v) is 9.33. The minimum absolute atomic E-state index is 0.0570. The summed E-state index contributed by atoms with van der Waals surface area (Å²) in [4.78, 5) is 15.9. The fraction of sp³-hybridized carbons (Fsp3) is 0.364. The van der Waals surface area contributed by atoms with Crippen molar-refractivity contribution in [3.05, 3.63) is 23.0 Å². The molecule has 0 aliphatic carbocycles. The highest BCUT2D eigenvalue weighted by Crippen LogP contribution is 2.21. The number of nitrogens with zero attached hydrogens (tertiary/aromatic N) is 3. The van der Waals surface area contributed by atoms with Gasteiger partial charge >= 0.3 is 0 Å². The highest BCUT2D eigenvalue weighted by molar-refractivity contribution is 6.06. The van der Waals surface area contributed by atoms with Crippen LogP contribution in [0.1, 0.15) is 28.7 Å². The highest BCUT2D eigenvalue weighted by Gasteiger charge is 2.14. The number of hydrogen-bond acceptors (Lipinski definition) is 3. The standard InChI is InChI=1S/C11H13N3O/c1-6-5-9(8(3)15)10-7(2)13-14(4)11(10)12-6/h5H,1-4H3. The van der Waals surface area contributed by atoms with Gasteiger partial charge in [0, 0.05) is 18.3 Å². The van der Waals surface area contributed by atoms with Gasteiger partial charge < -0.3 is 0 Å². The topological polar surface area (TPSA) is 47.8 Å². The molecule has 0 fully saturated rings. The summed E-state index contributed by atoms with van der Waals surface area (Å²) in [6.07, 6.45) is 0. The van der Waals surface area contributed by atoms with Gasteiger partial charge in [-0.1, -0.05) is 0 Å². The summed E-state index contributed by atoms with van der Waals surface area (Å²) < 4.78 is 1.71. The van der Waals surface area contributed by atoms with Crippen LogP contribution < -0.4 is 0 Å². The maximum Gasteiger partial charge on any atom is 0.160 e. The van der Waals surface area contributed by atoms with Crippen molar-refractivity contribution in [2.24, 2.45) is 7.05 Å². The van der Waals surface area contributed by atoms with Gasteiger partial charge in [0.15, 0.2) is 11.4 Å². The zero-order chi connectivity index (χ0) is 11.2. The first-order valence-corrected chi connectivity index (χ1v) is 4.82. The Balaban J connectivity index is 2.96. The van der Waals surface area contributed by atoms with Crippen molar-refractivity contribution in [3.63, 3.8) is 0 Å². The van der Waals surface area contributed by atoms with Crippen molar-refractivity contribution in [3.8, 4) is 0 Å². The molecule has 0 amide bonds. The molecular formula is C11H13N3O. The van der Waals surface area contributed by atoms with Crippen molar-refractivity contribution in [1.29, 1.82) is 0 Å². The van der Waals surface area contributed by atoms with Gasteiger partial charge in [-0.15, -0.1) is 0 Å². The van der Waals surface area contributed by atoms with Crippen LogP contribution >= 0.6 is 0 Å². The molecule has 4 nitrogen and oxygen atoms in total. The Morgan fingerprint density at radius 1 is 1.40 bits per heavy atom. The molecule has 0 bridgehead atoms. The first-order valence-electron chi connectivity index (χ1n) is 4.82. The molecule has 0 atom stereocenters. The molecule has 2 aromatic rings. The Morgan fingerprint density at radius 2 is 2.07 bits per heavy atom. The minimum Gasteiger partial charge on any atom is -0.294 e. The molecular weight excluding hydrogens is 190 g/mol. The number of aryl methyl sites for hydroxylation is 3. The first kappa shape index (κ1) is 9.83. The fourth-order valence-electron chi connectivity index (χ4n) is 1.85. The Bertz CT molecular complexity index is 554. The van der Waals surface area contributed by atoms with Crippen LogP contribution in [-0.2, 0) is 7.05 Å². The number of ketones is 1. The minimum atomic E-state index is 0.0570. The van der Waals surface area contributed by atoms with E-state index in [2.05, 4.69) is 10.1 Å². The molecule has 2 aromatic heterocycles. The normalized spacial score (nSPS) is 10.9. The van der Waals surface area contributed by atoms with E-state index in [0.717, 1.165) is 22.4 Å². The summed E-state index contributed by atoms with van der Waals surface area (Å²) in [7, 11) is 1.84. The predicted octanol–water partition coefficient (Wildman–Crippen LogP) is 1.79. The van der Waals surface area contributed by atoms with Crippen molar-refractivity contribution in [2.45, 2.75) is 20.8 Å². The molecule has 0 unspecified atom stereocenters. The van der Waals surface area contributed by atoms with E-state index in [-0.39, 0.29) is 5.78 Å². The van der Waals surface area contributed by atoms with Crippen LogP contribution in [0.25, 0.3) is 11.0 Å². The fourth-order valence-corrected chi connectivity index (χ4v) is 1.85. The number of aromatic nitrogens is 3. The van der Waals surface area contributed by atoms with Crippen molar-refractivity contribution in [2.75, 3.05) is 0 Å². The maximum atomic E-state index is 11.5. The lowest BCUT2D eigenvalue weighted by Gasteiger charge is -2.01. The number of pyridine rings is 1. The third-order valence-corrected chi connectivity index (χ3v) is 2.48. The first-order chi connectivity index (χ1) is 7.00. The van der Waals surface area contributed by atoms with Gasteiger partial charge in [-0.3, -0.25) is 9.48 Å². The van der Waals surface area contributed by atoms with E-state index < -0.39 is 0 Å². The third kappa shape index (κ3) is 1.42. The van der Waals surface area contributed by atoms with Crippen LogP contribution in [-0.4, -0.2) is 20.5 Å². The summed E-state index contributed by atoms with van der Waals surface area (Å²) in [6.45, 7) is 5.35. The molecule has 0 aliphatic heterocycles. The number of carbonyl (C=O) groups is 1. The molecule has 0 aliphatic rings. The molecule has 0 saturated heterocycles. The Morgan fingerprint density at radius 3 is 2.67 bits per heavy atom. The number of hydrogen-bond donors (Lipinski definition) is 0. The average Bonchev–Trinajstić information content (AvgIpc) is 2.41. The number of fused-ring (bicyclic) bond motifs is 1. The molecule has 0 saturated carbocycles. The lowest BCUT2D eigenvalue weighted by Crippen LogP contribution is -1.98. The van der Waals surface area contributed by atoms with E-state index in [1.165, 1.54) is 0 Å². The van der Waals surface area contributed by atoms with E-state index >= 15 is 0 Å². The third-order valence-electron chi connectivity index (χ3n) is 2.48. The summed E-state index contributed by atoms with van der Waals surface area (Å²) in [5.41, 5.74) is 3.18. The second-order valence-corrected chi connectivity index (χ2v) is 3.78. The quantitative estimate of drug-likeness (QED) is 0.664. The Labute approximate surface area is 87.9 Å². The van der Waals surface area contributed by atoms with E-state index in [9.17, 15) is 4.79 Å². The molecule has 15 heavy (non-hydrogen) atoms. The average molecular weight is 203 g/mol. The van der Waals surface area contributed by atoms with Crippen LogP contribution in [0.15, 0.2) is 6.07 Å². The van der Waals surface area contributed by atoms with Crippen LogP contribution in [0.5, 0.6) is 0 Å². The Hall–Kier alpha value is -1.71. The lowest BCUT2D eigenvalue weighted by molar-refractivity contribution is 0.101. The molecule has 0 spiro atoms. The SMILES string of the molecule is CC(=O)c1cc(C)nc2c1c(C)nn2C. The van der Waals surface area contributed by atoms with Gasteiger partial charge in [0.05, 0.1) is 11.1 Å². The van der Waals surface area contributed by atoms with Gasteiger partial charge in [0.25, 0.3) is 0 Å². The van der Waals surface area contributed by atoms with Crippen LogP contribution in [0.2, 0.25) is 0 Å². The van der Waals surface area contributed by atoms with Gasteiger partial charge in [-0.05, 0) is 26.8 Å². The zero-order valence-electron chi connectivity index (χ0n) is 9.33. The molecule has 0 radical (unpaired) electrons. The van der Waals surface area contributed by atoms with Crippen molar-refractivity contribution in [1.82, 2.24) is 14.8 Å². The van der Waals surface area contributed by atoms with Gasteiger partial charge in [0.1, 0.15) is 0 Å². The summed E-state index contributed by atoms with van der Waals surface area (Å²) >= 11 is 0. The summed E-state index contributed by atoms with van der Waals surface area (Å²) in [6, 6.07) is 1.82. The number of carbonyl (C=O) groups excluding carboxylic acids is 1.